The summed E-state index contributed by atoms with van der Waals surface area (Å²) >= 11 is 0. The first-order valence-corrected chi connectivity index (χ1v) is 9.01. The molecule has 2 heteroatoms. The Kier molecular flexibility index (Phi) is 3.88. The van der Waals surface area contributed by atoms with Crippen LogP contribution in [0, 0.1) is 0 Å². The van der Waals surface area contributed by atoms with Gasteiger partial charge in [0.1, 0.15) is 0 Å². The lowest BCUT2D eigenvalue weighted by atomic mass is 10.2. The molecular formula is C21H16NP. The first kappa shape index (κ1) is 14.1. The summed E-state index contributed by atoms with van der Waals surface area (Å²) < 4.78 is 0. The Labute approximate surface area is 137 Å². The molecule has 0 N–H and O–H groups in total. The number of rotatable bonds is 3. The largest absolute Gasteiger partial charge is 0.256 e. The van der Waals surface area contributed by atoms with Gasteiger partial charge in [0.05, 0.1) is 5.52 Å². The van der Waals surface area contributed by atoms with Crippen molar-refractivity contribution in [2.75, 3.05) is 0 Å². The van der Waals surface area contributed by atoms with Crippen LogP contribution < -0.4 is 15.9 Å². The summed E-state index contributed by atoms with van der Waals surface area (Å²) in [6.45, 7) is 0. The molecule has 23 heavy (non-hydrogen) atoms. The van der Waals surface area contributed by atoms with Crippen molar-refractivity contribution in [1.82, 2.24) is 4.98 Å². The fourth-order valence-corrected chi connectivity index (χ4v) is 5.32. The van der Waals surface area contributed by atoms with Gasteiger partial charge >= 0.3 is 0 Å². The maximum Gasteiger partial charge on any atom is 0.0708 e. The predicted molar refractivity (Wildman–Crippen MR) is 100 cm³/mol. The third kappa shape index (κ3) is 2.76. The average Bonchev–Trinajstić information content (AvgIpc) is 2.64. The standard InChI is InChI=1S/C21H16NP/c1-3-9-17(10-4-1)23(18-11-5-2-6-12-18)21-15-7-14-20-19(21)13-8-16-22-20/h1-16H. The van der Waals surface area contributed by atoms with Crippen LogP contribution in [0.1, 0.15) is 0 Å². The monoisotopic (exact) mass is 313 g/mol. The Hall–Kier alpha value is -2.50. The van der Waals surface area contributed by atoms with Crippen LogP contribution in [0.2, 0.25) is 0 Å². The molecule has 1 nitrogen and oxygen atoms in total. The third-order valence-electron chi connectivity index (χ3n) is 3.89. The lowest BCUT2D eigenvalue weighted by Crippen LogP contribution is -2.21. The van der Waals surface area contributed by atoms with Crippen LogP contribution in [-0.4, -0.2) is 4.98 Å². The number of fused-ring (bicyclic) bond motifs is 1. The van der Waals surface area contributed by atoms with Gasteiger partial charge in [0, 0.05) is 11.6 Å². The van der Waals surface area contributed by atoms with Gasteiger partial charge in [0.2, 0.25) is 0 Å². The third-order valence-corrected chi connectivity index (χ3v) is 6.39. The van der Waals surface area contributed by atoms with Gasteiger partial charge < -0.3 is 0 Å². The summed E-state index contributed by atoms with van der Waals surface area (Å²) in [5.74, 6) is 0. The fourth-order valence-electron chi connectivity index (χ4n) is 2.86. The van der Waals surface area contributed by atoms with E-state index in [4.69, 9.17) is 0 Å². The molecule has 0 saturated heterocycles. The zero-order chi connectivity index (χ0) is 15.5. The second-order valence-electron chi connectivity index (χ2n) is 5.35. The minimum absolute atomic E-state index is 0.586. The molecule has 0 aliphatic heterocycles. The number of benzene rings is 3. The van der Waals surface area contributed by atoms with E-state index in [0.717, 1.165) is 5.52 Å². The summed E-state index contributed by atoms with van der Waals surface area (Å²) in [4.78, 5) is 4.52. The Morgan fingerprint density at radius 3 is 1.87 bits per heavy atom. The van der Waals surface area contributed by atoms with E-state index >= 15 is 0 Å². The van der Waals surface area contributed by atoms with Gasteiger partial charge in [-0.05, 0) is 36.0 Å². The molecule has 1 heterocycles. The van der Waals surface area contributed by atoms with Crippen molar-refractivity contribution in [3.05, 3.63) is 97.2 Å². The quantitative estimate of drug-likeness (QED) is 0.521. The molecule has 0 unspecified atom stereocenters. The molecule has 0 amide bonds. The van der Waals surface area contributed by atoms with Crippen molar-refractivity contribution in [1.29, 1.82) is 0 Å². The van der Waals surface area contributed by atoms with Crippen molar-refractivity contribution >= 4 is 34.7 Å². The van der Waals surface area contributed by atoms with Crippen molar-refractivity contribution in [2.24, 2.45) is 0 Å². The van der Waals surface area contributed by atoms with Crippen LogP contribution in [0.5, 0.6) is 0 Å². The highest BCUT2D eigenvalue weighted by atomic mass is 31.1. The molecule has 0 spiro atoms. The lowest BCUT2D eigenvalue weighted by molar-refractivity contribution is 1.42. The SMILES string of the molecule is c1ccc(P(c2ccccc2)c2cccc3ncccc23)cc1. The summed E-state index contributed by atoms with van der Waals surface area (Å²) in [7, 11) is -0.586. The smallest absolute Gasteiger partial charge is 0.0708 e. The second kappa shape index (κ2) is 6.32. The van der Waals surface area contributed by atoms with Crippen LogP contribution >= 0.6 is 7.92 Å². The molecule has 0 saturated carbocycles. The number of pyridine rings is 1. The van der Waals surface area contributed by atoms with Gasteiger partial charge in [-0.3, -0.25) is 4.98 Å². The van der Waals surface area contributed by atoms with Gasteiger partial charge in [0.15, 0.2) is 0 Å². The molecule has 0 radical (unpaired) electrons. The van der Waals surface area contributed by atoms with Crippen molar-refractivity contribution in [2.45, 2.75) is 0 Å². The molecule has 0 atom stereocenters. The van der Waals surface area contributed by atoms with E-state index in [-0.39, 0.29) is 0 Å². The van der Waals surface area contributed by atoms with Gasteiger partial charge in [-0.25, -0.2) is 0 Å². The van der Waals surface area contributed by atoms with E-state index in [2.05, 4.69) is 89.9 Å². The molecule has 4 rings (SSSR count). The van der Waals surface area contributed by atoms with E-state index in [1.807, 2.05) is 12.3 Å². The minimum Gasteiger partial charge on any atom is -0.256 e. The molecule has 4 aromatic rings. The highest BCUT2D eigenvalue weighted by Gasteiger charge is 2.18. The van der Waals surface area contributed by atoms with Gasteiger partial charge in [-0.2, -0.15) is 0 Å². The summed E-state index contributed by atoms with van der Waals surface area (Å²) in [5.41, 5.74) is 1.06. The Morgan fingerprint density at radius 2 is 1.22 bits per heavy atom. The Bertz CT molecular complexity index is 875. The van der Waals surface area contributed by atoms with Gasteiger partial charge in [-0.1, -0.05) is 78.9 Å². The molecule has 3 aromatic carbocycles. The Balaban J connectivity index is 1.98. The molecular weight excluding hydrogens is 297 g/mol. The first-order chi connectivity index (χ1) is 11.4. The minimum atomic E-state index is -0.586. The number of nitrogens with zero attached hydrogens (tertiary/aromatic N) is 1. The summed E-state index contributed by atoms with van der Waals surface area (Å²) in [6, 6.07) is 32.2. The normalized spacial score (nSPS) is 11.0. The number of hydrogen-bond donors (Lipinski definition) is 0. The zero-order valence-electron chi connectivity index (χ0n) is 12.6. The fraction of sp³-hybridized carbons (Fsp3) is 0. The molecule has 110 valence electrons. The number of hydrogen-bond acceptors (Lipinski definition) is 1. The maximum atomic E-state index is 4.52. The number of aromatic nitrogens is 1. The van der Waals surface area contributed by atoms with Crippen LogP contribution in [0.4, 0.5) is 0 Å². The second-order valence-corrected chi connectivity index (χ2v) is 7.54. The van der Waals surface area contributed by atoms with Crippen LogP contribution in [0.3, 0.4) is 0 Å². The molecule has 0 aliphatic carbocycles. The highest BCUT2D eigenvalue weighted by Crippen LogP contribution is 2.35. The van der Waals surface area contributed by atoms with Crippen molar-refractivity contribution < 1.29 is 0 Å². The van der Waals surface area contributed by atoms with Crippen LogP contribution in [-0.2, 0) is 0 Å². The Morgan fingerprint density at radius 1 is 0.565 bits per heavy atom. The predicted octanol–water partition coefficient (Wildman–Crippen LogP) is 3.99. The van der Waals surface area contributed by atoms with Crippen LogP contribution in [0.25, 0.3) is 10.9 Å². The van der Waals surface area contributed by atoms with E-state index in [0.29, 0.717) is 0 Å². The topological polar surface area (TPSA) is 12.9 Å². The zero-order valence-corrected chi connectivity index (χ0v) is 13.5. The van der Waals surface area contributed by atoms with E-state index in [1.54, 1.807) is 0 Å². The van der Waals surface area contributed by atoms with Crippen molar-refractivity contribution in [3.8, 4) is 0 Å². The average molecular weight is 313 g/mol. The first-order valence-electron chi connectivity index (χ1n) is 7.67. The molecule has 0 aliphatic rings. The van der Waals surface area contributed by atoms with E-state index in [1.165, 1.54) is 21.3 Å². The molecule has 0 fully saturated rings. The van der Waals surface area contributed by atoms with Gasteiger partial charge in [-0.15, -0.1) is 0 Å². The molecule has 0 bridgehead atoms. The summed E-state index contributed by atoms with van der Waals surface area (Å²) in [5, 5.41) is 5.34. The van der Waals surface area contributed by atoms with Crippen molar-refractivity contribution in [3.63, 3.8) is 0 Å². The maximum absolute atomic E-state index is 4.52. The van der Waals surface area contributed by atoms with Crippen LogP contribution in [0.15, 0.2) is 97.2 Å². The van der Waals surface area contributed by atoms with E-state index in [9.17, 15) is 0 Å². The highest BCUT2D eigenvalue weighted by molar-refractivity contribution is 7.80. The summed E-state index contributed by atoms with van der Waals surface area (Å²) in [6.07, 6.45) is 1.86. The van der Waals surface area contributed by atoms with E-state index < -0.39 is 7.92 Å². The lowest BCUT2D eigenvalue weighted by Gasteiger charge is -2.20. The molecule has 1 aromatic heterocycles. The van der Waals surface area contributed by atoms with Gasteiger partial charge in [0.25, 0.3) is 0 Å².